The minimum Gasteiger partial charge on any atom is -0.504 e. The average molecular weight is 390 g/mol. The van der Waals surface area contributed by atoms with E-state index in [1.807, 2.05) is 24.3 Å². The average Bonchev–Trinajstić information content (AvgIpc) is 3.21. The smallest absolute Gasteiger partial charge is 0.256 e. The highest BCUT2D eigenvalue weighted by atomic mass is 32.2. The van der Waals surface area contributed by atoms with Crippen molar-refractivity contribution in [1.29, 1.82) is 0 Å². The van der Waals surface area contributed by atoms with Crippen molar-refractivity contribution in [3.8, 4) is 17.2 Å². The number of methoxy groups -OCH3 is 1. The van der Waals surface area contributed by atoms with Crippen LogP contribution < -0.4 is 9.47 Å². The van der Waals surface area contributed by atoms with Crippen LogP contribution in [0.15, 0.2) is 41.4 Å². The topological polar surface area (TPSA) is 54.8 Å². The maximum atomic E-state index is 13.3. The molecule has 1 saturated heterocycles. The highest BCUT2D eigenvalue weighted by molar-refractivity contribution is 7.99. The van der Waals surface area contributed by atoms with E-state index >= 15 is 0 Å². The van der Waals surface area contributed by atoms with Crippen molar-refractivity contribution in [2.24, 2.45) is 11.8 Å². The van der Waals surface area contributed by atoms with Crippen molar-refractivity contribution < 1.29 is 19.0 Å². The maximum absolute atomic E-state index is 13.3. The summed E-state index contributed by atoms with van der Waals surface area (Å²) in [4.78, 5) is 6.17. The van der Waals surface area contributed by atoms with Gasteiger partial charge in [0.05, 0.1) is 19.1 Å². The van der Waals surface area contributed by atoms with E-state index in [0.717, 1.165) is 43.3 Å². The maximum Gasteiger partial charge on any atom is 0.256 e. The molecule has 1 saturated carbocycles. The van der Waals surface area contributed by atoms with Gasteiger partial charge in [0.25, 0.3) is 5.95 Å². The number of aromatic nitrogens is 1. The lowest BCUT2D eigenvalue weighted by Gasteiger charge is -2.19. The molecule has 2 fully saturated rings. The zero-order chi connectivity index (χ0) is 18.8. The van der Waals surface area contributed by atoms with E-state index in [0.29, 0.717) is 16.9 Å². The molecule has 0 radical (unpaired) electrons. The third kappa shape index (κ3) is 4.30. The number of thioether (sulfide) groups is 1. The zero-order valence-electron chi connectivity index (χ0n) is 15.2. The number of hydrogen-bond donors (Lipinski definition) is 1. The second-order valence-electron chi connectivity index (χ2n) is 7.18. The predicted octanol–water partition coefficient (Wildman–Crippen LogP) is 3.77. The van der Waals surface area contributed by atoms with Gasteiger partial charge in [-0.2, -0.15) is 4.39 Å². The number of likely N-dealkylation sites (tertiary alicyclic amines) is 1. The fourth-order valence-electron chi connectivity index (χ4n) is 4.04. The summed E-state index contributed by atoms with van der Waals surface area (Å²) < 4.78 is 24.6. The molecule has 1 aliphatic carbocycles. The highest BCUT2D eigenvalue weighted by Crippen LogP contribution is 2.40. The number of rotatable bonds is 6. The van der Waals surface area contributed by atoms with Gasteiger partial charge in [-0.05, 0) is 61.1 Å². The van der Waals surface area contributed by atoms with E-state index in [9.17, 15) is 9.50 Å². The van der Waals surface area contributed by atoms with E-state index in [1.165, 1.54) is 17.8 Å². The molecule has 2 heterocycles. The minimum atomic E-state index is -0.809. The van der Waals surface area contributed by atoms with Gasteiger partial charge in [-0.1, -0.05) is 11.8 Å². The van der Waals surface area contributed by atoms with Crippen LogP contribution in [0.3, 0.4) is 0 Å². The Kier molecular flexibility index (Phi) is 5.41. The first kappa shape index (κ1) is 18.4. The molecule has 0 spiro atoms. The third-order valence-corrected chi connectivity index (χ3v) is 6.36. The predicted molar refractivity (Wildman–Crippen MR) is 102 cm³/mol. The van der Waals surface area contributed by atoms with Gasteiger partial charge in [0, 0.05) is 13.1 Å². The van der Waals surface area contributed by atoms with Crippen LogP contribution in [0.1, 0.15) is 12.8 Å². The van der Waals surface area contributed by atoms with Crippen LogP contribution in [-0.4, -0.2) is 47.2 Å². The van der Waals surface area contributed by atoms with Crippen molar-refractivity contribution >= 4 is 11.8 Å². The second kappa shape index (κ2) is 7.94. The number of hydrogen-bond acceptors (Lipinski definition) is 6. The fraction of sp³-hybridized carbons (Fsp3) is 0.450. The van der Waals surface area contributed by atoms with Crippen LogP contribution in [0.2, 0.25) is 0 Å². The highest BCUT2D eigenvalue weighted by Gasteiger charge is 2.41. The summed E-state index contributed by atoms with van der Waals surface area (Å²) in [6, 6.07) is 10.8. The van der Waals surface area contributed by atoms with Gasteiger partial charge < -0.3 is 14.6 Å². The van der Waals surface area contributed by atoms with E-state index in [4.69, 9.17) is 9.47 Å². The Morgan fingerprint density at radius 2 is 1.78 bits per heavy atom. The first-order valence-corrected chi connectivity index (χ1v) is 10.1. The number of pyridine rings is 1. The Balaban J connectivity index is 1.24. The number of halogens is 1. The lowest BCUT2D eigenvalue weighted by Crippen LogP contribution is -2.24. The Morgan fingerprint density at radius 3 is 2.41 bits per heavy atom. The summed E-state index contributed by atoms with van der Waals surface area (Å²) in [5.74, 6) is 2.61. The Bertz CT molecular complexity index is 775. The molecule has 0 bridgehead atoms. The van der Waals surface area contributed by atoms with Crippen molar-refractivity contribution in [3.63, 3.8) is 0 Å². The fourth-order valence-corrected chi connectivity index (χ4v) is 4.87. The van der Waals surface area contributed by atoms with Gasteiger partial charge >= 0.3 is 0 Å². The van der Waals surface area contributed by atoms with Gasteiger partial charge in [-0.15, -0.1) is 0 Å². The number of benzene rings is 1. The zero-order valence-corrected chi connectivity index (χ0v) is 16.0. The Labute approximate surface area is 162 Å². The van der Waals surface area contributed by atoms with Gasteiger partial charge in [0.15, 0.2) is 5.75 Å². The molecule has 1 unspecified atom stereocenters. The molecule has 1 aliphatic heterocycles. The molecule has 2 aromatic rings. The number of nitrogens with zero attached hydrogens (tertiary/aromatic N) is 2. The van der Waals surface area contributed by atoms with Crippen molar-refractivity contribution in [3.05, 3.63) is 42.3 Å². The summed E-state index contributed by atoms with van der Waals surface area (Å²) in [6.45, 7) is 2.08. The largest absolute Gasteiger partial charge is 0.504 e. The monoisotopic (exact) mass is 390 g/mol. The number of ether oxygens (including phenoxy) is 2. The summed E-state index contributed by atoms with van der Waals surface area (Å²) >= 11 is 1.51. The molecule has 5 nitrogen and oxygen atoms in total. The summed E-state index contributed by atoms with van der Waals surface area (Å²) in [5.41, 5.74) is 0. The molecule has 3 atom stereocenters. The number of fused-ring (bicyclic) bond motifs is 1. The van der Waals surface area contributed by atoms with E-state index in [1.54, 1.807) is 13.2 Å². The molecule has 144 valence electrons. The van der Waals surface area contributed by atoms with Gasteiger partial charge in [-0.25, -0.2) is 4.98 Å². The Morgan fingerprint density at radius 1 is 1.11 bits per heavy atom. The van der Waals surface area contributed by atoms with Crippen LogP contribution in [0, 0.1) is 17.8 Å². The summed E-state index contributed by atoms with van der Waals surface area (Å²) in [7, 11) is 1.66. The molecule has 1 aromatic heterocycles. The lowest BCUT2D eigenvalue weighted by atomic mass is 10.0. The van der Waals surface area contributed by atoms with Crippen LogP contribution in [0.25, 0.3) is 0 Å². The van der Waals surface area contributed by atoms with Crippen LogP contribution >= 0.6 is 11.8 Å². The molecular formula is C20H23FN2O3S. The third-order valence-electron chi connectivity index (χ3n) is 5.34. The van der Waals surface area contributed by atoms with Gasteiger partial charge in [0.1, 0.15) is 16.5 Å². The van der Waals surface area contributed by atoms with Gasteiger partial charge in [0.2, 0.25) is 0 Å². The molecule has 2 aliphatic rings. The molecule has 4 rings (SSSR count). The number of aromatic hydroxyl groups is 1. The second-order valence-corrected chi connectivity index (χ2v) is 8.14. The standard InChI is InChI=1S/C20H23FN2O3S/c1-25-15-2-4-16(5-3-15)26-17-8-13-10-23(11-14(13)9-17)12-27-19-7-6-18(24)20(21)22-19/h2-7,13-14,17,24H,8-12H2,1H3/t13-,14+,17?. The van der Waals surface area contributed by atoms with Crippen molar-refractivity contribution in [2.45, 2.75) is 24.0 Å². The molecule has 7 heteroatoms. The van der Waals surface area contributed by atoms with E-state index in [2.05, 4.69) is 9.88 Å². The molecule has 1 aromatic carbocycles. The summed E-state index contributed by atoms with van der Waals surface area (Å²) in [6.07, 6.45) is 2.42. The molecule has 27 heavy (non-hydrogen) atoms. The normalized spacial score (nSPS) is 24.7. The van der Waals surface area contributed by atoms with Crippen LogP contribution in [0.4, 0.5) is 4.39 Å². The quantitative estimate of drug-likeness (QED) is 0.599. The van der Waals surface area contributed by atoms with E-state index in [-0.39, 0.29) is 6.10 Å². The molecular weight excluding hydrogens is 367 g/mol. The van der Waals surface area contributed by atoms with Crippen molar-refractivity contribution in [1.82, 2.24) is 9.88 Å². The SMILES string of the molecule is COc1ccc(OC2C[C@@H]3CN(CSc4ccc(O)c(F)n4)C[C@@H]3C2)cc1. The van der Waals surface area contributed by atoms with E-state index < -0.39 is 11.7 Å². The lowest BCUT2D eigenvalue weighted by molar-refractivity contribution is 0.189. The van der Waals surface area contributed by atoms with Crippen LogP contribution in [0.5, 0.6) is 17.2 Å². The van der Waals surface area contributed by atoms with Crippen molar-refractivity contribution in [2.75, 3.05) is 26.1 Å². The summed E-state index contributed by atoms with van der Waals surface area (Å²) in [5, 5.41) is 9.81. The minimum absolute atomic E-state index is 0.274. The first-order chi connectivity index (χ1) is 13.1. The first-order valence-electron chi connectivity index (χ1n) is 9.12. The Hall–Kier alpha value is -1.99. The molecule has 0 amide bonds. The van der Waals surface area contributed by atoms with Crippen LogP contribution in [-0.2, 0) is 0 Å². The van der Waals surface area contributed by atoms with Gasteiger partial charge in [-0.3, -0.25) is 4.90 Å². The molecule has 1 N–H and O–H groups in total.